The van der Waals surface area contributed by atoms with Gasteiger partial charge in [0.05, 0.1) is 18.4 Å². The molecule has 0 aliphatic heterocycles. The van der Waals surface area contributed by atoms with E-state index in [1.54, 1.807) is 7.11 Å². The van der Waals surface area contributed by atoms with Gasteiger partial charge in [0.15, 0.2) is 4.90 Å². The molecule has 2 aromatic carbocycles. The molecule has 2 rings (SSSR count). The minimum atomic E-state index is -0.105. The summed E-state index contributed by atoms with van der Waals surface area (Å²) in [6.45, 7) is 0. The van der Waals surface area contributed by atoms with Crippen molar-refractivity contribution in [1.29, 1.82) is 0 Å². The summed E-state index contributed by atoms with van der Waals surface area (Å²) in [5.41, 5.74) is 1.40. The van der Waals surface area contributed by atoms with Crippen molar-refractivity contribution in [2.75, 3.05) is 24.9 Å². The van der Waals surface area contributed by atoms with Crippen LogP contribution in [0.15, 0.2) is 53.4 Å². The van der Waals surface area contributed by atoms with Gasteiger partial charge < -0.3 is 10.1 Å². The smallest absolute Gasteiger partial charge is 0.260 e. The number of benzene rings is 2. The largest absolute Gasteiger partial charge is 0.495 e. The minimum absolute atomic E-state index is 0.0317. The number of ether oxygens (including phenoxy) is 1. The number of amides is 1. The van der Waals surface area contributed by atoms with Gasteiger partial charge in [-0.15, -0.1) is 0 Å². The molecule has 3 nitrogen and oxygen atoms in total. The van der Waals surface area contributed by atoms with Gasteiger partial charge in [-0.3, -0.25) is 4.79 Å². The molecule has 0 unspecified atom stereocenters. The van der Waals surface area contributed by atoms with E-state index in [-0.39, 0.29) is 16.8 Å². The standard InChI is InChI=1S/C16H17NO2S/c1-19-14-10-6-5-9-13(14)17-16(18)12-8-4-7-11-15(12)20(2)3/h4-11H,1-3H3/p+1. The van der Waals surface area contributed by atoms with Crippen LogP contribution in [0.25, 0.3) is 0 Å². The third kappa shape index (κ3) is 3.14. The highest BCUT2D eigenvalue weighted by molar-refractivity contribution is 7.95. The molecule has 0 bridgehead atoms. The zero-order valence-corrected chi connectivity index (χ0v) is 12.7. The predicted molar refractivity (Wildman–Crippen MR) is 84.9 cm³/mol. The molecule has 1 N–H and O–H groups in total. The van der Waals surface area contributed by atoms with E-state index in [4.69, 9.17) is 4.74 Å². The van der Waals surface area contributed by atoms with Gasteiger partial charge in [-0.1, -0.05) is 24.3 Å². The lowest BCUT2D eigenvalue weighted by atomic mass is 10.2. The maximum absolute atomic E-state index is 12.4. The van der Waals surface area contributed by atoms with Crippen molar-refractivity contribution >= 4 is 22.5 Å². The summed E-state index contributed by atoms with van der Waals surface area (Å²) in [5.74, 6) is 0.552. The molecule has 1 amide bonds. The molecule has 0 spiro atoms. The number of carbonyl (C=O) groups is 1. The van der Waals surface area contributed by atoms with Gasteiger partial charge in [-0.25, -0.2) is 0 Å². The van der Waals surface area contributed by atoms with E-state index >= 15 is 0 Å². The Bertz CT molecular complexity index is 611. The Morgan fingerprint density at radius 2 is 1.70 bits per heavy atom. The van der Waals surface area contributed by atoms with Crippen molar-refractivity contribution in [2.24, 2.45) is 0 Å². The summed E-state index contributed by atoms with van der Waals surface area (Å²) >= 11 is 0. The SMILES string of the molecule is COc1ccccc1NC(=O)c1ccccc1[S+](C)C. The fourth-order valence-electron chi connectivity index (χ4n) is 1.95. The highest BCUT2D eigenvalue weighted by Gasteiger charge is 2.20. The molecular formula is C16H18NO2S+. The molecule has 0 aromatic heterocycles. The summed E-state index contributed by atoms with van der Waals surface area (Å²) in [4.78, 5) is 13.5. The van der Waals surface area contributed by atoms with Crippen molar-refractivity contribution < 1.29 is 9.53 Å². The van der Waals surface area contributed by atoms with E-state index in [0.717, 1.165) is 4.90 Å². The van der Waals surface area contributed by atoms with E-state index < -0.39 is 0 Å². The van der Waals surface area contributed by atoms with Crippen LogP contribution >= 0.6 is 0 Å². The number of hydrogen-bond donors (Lipinski definition) is 1. The molecule has 4 heteroatoms. The lowest BCUT2D eigenvalue weighted by molar-refractivity contribution is 0.102. The molecule has 2 aromatic rings. The molecule has 20 heavy (non-hydrogen) atoms. The van der Waals surface area contributed by atoms with E-state index in [1.165, 1.54) is 0 Å². The second-order valence-electron chi connectivity index (χ2n) is 4.47. The molecule has 0 fully saturated rings. The fourth-order valence-corrected chi connectivity index (χ4v) is 2.90. The first-order valence-electron chi connectivity index (χ1n) is 6.24. The van der Waals surface area contributed by atoms with Crippen LogP contribution in [-0.4, -0.2) is 25.5 Å². The molecule has 0 heterocycles. The minimum Gasteiger partial charge on any atom is -0.495 e. The van der Waals surface area contributed by atoms with E-state index in [2.05, 4.69) is 17.8 Å². The van der Waals surface area contributed by atoms with Crippen molar-refractivity contribution in [3.05, 3.63) is 54.1 Å². The lowest BCUT2D eigenvalue weighted by Gasteiger charge is -2.10. The Morgan fingerprint density at radius 1 is 1.05 bits per heavy atom. The zero-order chi connectivity index (χ0) is 14.5. The average molecular weight is 288 g/mol. The predicted octanol–water partition coefficient (Wildman–Crippen LogP) is 3.18. The van der Waals surface area contributed by atoms with Gasteiger partial charge in [0.2, 0.25) is 0 Å². The van der Waals surface area contributed by atoms with Crippen LogP contribution in [-0.2, 0) is 10.9 Å². The summed E-state index contributed by atoms with van der Waals surface area (Å²) < 4.78 is 5.25. The molecule has 0 aliphatic rings. The molecule has 0 radical (unpaired) electrons. The first kappa shape index (κ1) is 14.5. The van der Waals surface area contributed by atoms with Crippen LogP contribution in [0.3, 0.4) is 0 Å². The van der Waals surface area contributed by atoms with Crippen LogP contribution in [0.4, 0.5) is 5.69 Å². The molecule has 0 aliphatic carbocycles. The maximum Gasteiger partial charge on any atom is 0.260 e. The van der Waals surface area contributed by atoms with Crippen molar-refractivity contribution in [3.8, 4) is 5.75 Å². The van der Waals surface area contributed by atoms with Crippen LogP contribution < -0.4 is 10.1 Å². The number of carbonyl (C=O) groups excluding carboxylic acids is 1. The Morgan fingerprint density at radius 3 is 2.40 bits per heavy atom. The van der Waals surface area contributed by atoms with Crippen LogP contribution in [0.5, 0.6) is 5.75 Å². The van der Waals surface area contributed by atoms with Gasteiger partial charge in [-0.05, 0) is 24.3 Å². The summed E-state index contributed by atoms with van der Waals surface area (Å²) in [7, 11) is 1.62. The van der Waals surface area contributed by atoms with E-state index in [1.807, 2.05) is 48.5 Å². The van der Waals surface area contributed by atoms with Crippen LogP contribution in [0.2, 0.25) is 0 Å². The first-order chi connectivity index (χ1) is 9.63. The highest BCUT2D eigenvalue weighted by Crippen LogP contribution is 2.24. The topological polar surface area (TPSA) is 38.3 Å². The highest BCUT2D eigenvalue weighted by atomic mass is 32.2. The third-order valence-corrected chi connectivity index (χ3v) is 4.16. The van der Waals surface area contributed by atoms with Gasteiger partial charge in [-0.2, -0.15) is 0 Å². The number of hydrogen-bond acceptors (Lipinski definition) is 2. The molecule has 0 saturated heterocycles. The molecule has 0 saturated carbocycles. The number of methoxy groups -OCH3 is 1. The summed E-state index contributed by atoms with van der Waals surface area (Å²) in [6.07, 6.45) is 4.21. The number of rotatable bonds is 4. The fraction of sp³-hybridized carbons (Fsp3) is 0.188. The quantitative estimate of drug-likeness (QED) is 0.878. The van der Waals surface area contributed by atoms with E-state index in [9.17, 15) is 4.79 Å². The van der Waals surface area contributed by atoms with Gasteiger partial charge >= 0.3 is 0 Å². The van der Waals surface area contributed by atoms with Crippen LogP contribution in [0.1, 0.15) is 10.4 Å². The van der Waals surface area contributed by atoms with Crippen molar-refractivity contribution in [3.63, 3.8) is 0 Å². The molecule has 0 atom stereocenters. The Kier molecular flexibility index (Phi) is 4.69. The van der Waals surface area contributed by atoms with Crippen molar-refractivity contribution in [1.82, 2.24) is 0 Å². The monoisotopic (exact) mass is 288 g/mol. The normalized spacial score (nSPS) is 10.4. The Balaban J connectivity index is 2.29. The van der Waals surface area contributed by atoms with Gasteiger partial charge in [0.1, 0.15) is 18.3 Å². The Hall–Kier alpha value is -1.94. The summed E-state index contributed by atoms with van der Waals surface area (Å²) in [6, 6.07) is 15.1. The maximum atomic E-state index is 12.4. The Labute approximate surface area is 122 Å². The number of nitrogens with one attached hydrogen (secondary N) is 1. The van der Waals surface area contributed by atoms with E-state index in [0.29, 0.717) is 17.0 Å². The van der Waals surface area contributed by atoms with Crippen LogP contribution in [0, 0.1) is 0 Å². The summed E-state index contributed by atoms with van der Waals surface area (Å²) in [5, 5.41) is 2.91. The lowest BCUT2D eigenvalue weighted by Crippen LogP contribution is -2.16. The van der Waals surface area contributed by atoms with Gasteiger partial charge in [0.25, 0.3) is 5.91 Å². The zero-order valence-electron chi connectivity index (χ0n) is 11.8. The second kappa shape index (κ2) is 6.48. The second-order valence-corrected chi connectivity index (χ2v) is 6.54. The molecule has 104 valence electrons. The van der Waals surface area contributed by atoms with Crippen molar-refractivity contribution in [2.45, 2.75) is 4.90 Å². The average Bonchev–Trinajstić information content (AvgIpc) is 2.47. The van der Waals surface area contributed by atoms with Gasteiger partial charge in [0, 0.05) is 10.9 Å². The molecular weight excluding hydrogens is 270 g/mol. The first-order valence-corrected chi connectivity index (χ1v) is 8.28. The third-order valence-electron chi connectivity index (χ3n) is 2.93. The number of anilines is 1. The number of para-hydroxylation sites is 2.